The van der Waals surface area contributed by atoms with Gasteiger partial charge in [0, 0.05) is 37.1 Å². The van der Waals surface area contributed by atoms with Gasteiger partial charge in [0.15, 0.2) is 0 Å². The van der Waals surface area contributed by atoms with E-state index in [4.69, 9.17) is 0 Å². The Hall–Kier alpha value is -0.420. The van der Waals surface area contributed by atoms with E-state index in [0.29, 0.717) is 6.04 Å². The number of thiophene rings is 1. The minimum Gasteiger partial charge on any atom is -0.314 e. The summed E-state index contributed by atoms with van der Waals surface area (Å²) in [6.07, 6.45) is 1.23. The SMILES string of the molecule is Cc1ccsc1CNCCC1CNCCN1C. The molecule has 0 saturated carbocycles. The number of hydrogen-bond acceptors (Lipinski definition) is 4. The second-order valence-electron chi connectivity index (χ2n) is 4.83. The van der Waals surface area contributed by atoms with E-state index in [9.17, 15) is 0 Å². The highest BCUT2D eigenvalue weighted by molar-refractivity contribution is 7.10. The third-order valence-corrected chi connectivity index (χ3v) is 4.58. The number of nitrogens with zero attached hydrogens (tertiary/aromatic N) is 1. The van der Waals surface area contributed by atoms with Gasteiger partial charge in [0.1, 0.15) is 0 Å². The first-order chi connectivity index (χ1) is 8.27. The van der Waals surface area contributed by atoms with Crippen molar-refractivity contribution in [2.24, 2.45) is 0 Å². The predicted molar refractivity (Wildman–Crippen MR) is 74.7 cm³/mol. The van der Waals surface area contributed by atoms with Crippen molar-refractivity contribution in [1.82, 2.24) is 15.5 Å². The van der Waals surface area contributed by atoms with E-state index < -0.39 is 0 Å². The molecule has 0 spiro atoms. The minimum atomic E-state index is 0.695. The zero-order valence-corrected chi connectivity index (χ0v) is 11.6. The summed E-state index contributed by atoms with van der Waals surface area (Å²) in [5.41, 5.74) is 1.42. The Morgan fingerprint density at radius 3 is 3.18 bits per heavy atom. The van der Waals surface area contributed by atoms with Crippen LogP contribution in [0, 0.1) is 6.92 Å². The number of nitrogens with one attached hydrogen (secondary N) is 2. The van der Waals surface area contributed by atoms with Gasteiger partial charge in [-0.05, 0) is 43.9 Å². The molecule has 1 fully saturated rings. The van der Waals surface area contributed by atoms with Crippen molar-refractivity contribution in [1.29, 1.82) is 0 Å². The summed E-state index contributed by atoms with van der Waals surface area (Å²) >= 11 is 1.85. The van der Waals surface area contributed by atoms with E-state index in [1.807, 2.05) is 11.3 Å². The summed E-state index contributed by atoms with van der Waals surface area (Å²) in [5.74, 6) is 0. The Bertz CT molecular complexity index is 337. The van der Waals surface area contributed by atoms with Crippen LogP contribution in [0.2, 0.25) is 0 Å². The predicted octanol–water partition coefficient (Wildman–Crippen LogP) is 1.44. The van der Waals surface area contributed by atoms with E-state index in [1.54, 1.807) is 0 Å². The second kappa shape index (κ2) is 6.50. The van der Waals surface area contributed by atoms with Gasteiger partial charge in [0.25, 0.3) is 0 Å². The van der Waals surface area contributed by atoms with Crippen LogP contribution in [0.1, 0.15) is 16.9 Å². The molecule has 0 aromatic carbocycles. The van der Waals surface area contributed by atoms with Crippen molar-refractivity contribution in [2.75, 3.05) is 33.2 Å². The fraction of sp³-hybridized carbons (Fsp3) is 0.692. The molecule has 0 bridgehead atoms. The standard InChI is InChI=1S/C13H23N3S/c1-11-4-8-17-13(11)10-14-5-3-12-9-15-6-7-16(12)2/h4,8,12,14-15H,3,5-7,9-10H2,1-2H3. The van der Waals surface area contributed by atoms with Gasteiger partial charge >= 0.3 is 0 Å². The van der Waals surface area contributed by atoms with Crippen LogP contribution in [-0.4, -0.2) is 44.2 Å². The molecule has 4 heteroatoms. The lowest BCUT2D eigenvalue weighted by Gasteiger charge is -2.33. The maximum absolute atomic E-state index is 3.55. The molecule has 1 aromatic rings. The molecule has 1 aromatic heterocycles. The maximum Gasteiger partial charge on any atom is 0.0302 e. The van der Waals surface area contributed by atoms with E-state index in [-0.39, 0.29) is 0 Å². The van der Waals surface area contributed by atoms with Crippen molar-refractivity contribution in [2.45, 2.75) is 25.9 Å². The first-order valence-corrected chi connectivity index (χ1v) is 7.30. The summed E-state index contributed by atoms with van der Waals surface area (Å²) in [5, 5.41) is 9.19. The summed E-state index contributed by atoms with van der Waals surface area (Å²) < 4.78 is 0. The van der Waals surface area contributed by atoms with Crippen LogP contribution in [-0.2, 0) is 6.54 Å². The van der Waals surface area contributed by atoms with Crippen molar-refractivity contribution in [3.63, 3.8) is 0 Å². The molecule has 3 nitrogen and oxygen atoms in total. The largest absolute Gasteiger partial charge is 0.314 e. The Morgan fingerprint density at radius 1 is 1.59 bits per heavy atom. The molecule has 2 heterocycles. The number of piperazine rings is 1. The van der Waals surface area contributed by atoms with Crippen molar-refractivity contribution < 1.29 is 0 Å². The van der Waals surface area contributed by atoms with Gasteiger partial charge in [0.2, 0.25) is 0 Å². The molecule has 1 atom stereocenters. The summed E-state index contributed by atoms with van der Waals surface area (Å²) in [7, 11) is 2.23. The average Bonchev–Trinajstić information content (AvgIpc) is 2.73. The molecular weight excluding hydrogens is 230 g/mol. The Kier molecular flexibility index (Phi) is 4.98. The lowest BCUT2D eigenvalue weighted by molar-refractivity contribution is 0.189. The number of likely N-dealkylation sites (N-methyl/N-ethyl adjacent to an activating group) is 1. The summed E-state index contributed by atoms with van der Waals surface area (Å²) in [4.78, 5) is 3.94. The molecule has 1 unspecified atom stereocenters. The van der Waals surface area contributed by atoms with Crippen LogP contribution in [0.15, 0.2) is 11.4 Å². The Balaban J connectivity index is 1.64. The molecule has 96 valence electrons. The topological polar surface area (TPSA) is 27.3 Å². The van der Waals surface area contributed by atoms with Crippen LogP contribution in [0.3, 0.4) is 0 Å². The van der Waals surface area contributed by atoms with Gasteiger partial charge < -0.3 is 15.5 Å². The highest BCUT2D eigenvalue weighted by Gasteiger charge is 2.17. The van der Waals surface area contributed by atoms with Crippen LogP contribution < -0.4 is 10.6 Å². The first-order valence-electron chi connectivity index (χ1n) is 6.42. The van der Waals surface area contributed by atoms with Gasteiger partial charge in [-0.1, -0.05) is 0 Å². The molecule has 0 aliphatic carbocycles. The molecule has 0 amide bonds. The quantitative estimate of drug-likeness (QED) is 0.778. The molecule has 1 aliphatic heterocycles. The van der Waals surface area contributed by atoms with Crippen molar-refractivity contribution in [3.05, 3.63) is 21.9 Å². The molecule has 0 radical (unpaired) electrons. The molecule has 17 heavy (non-hydrogen) atoms. The normalized spacial score (nSPS) is 21.9. The fourth-order valence-electron chi connectivity index (χ4n) is 2.24. The third kappa shape index (κ3) is 3.78. The lowest BCUT2D eigenvalue weighted by atomic mass is 10.1. The Labute approximate surface area is 108 Å². The second-order valence-corrected chi connectivity index (χ2v) is 5.83. The van der Waals surface area contributed by atoms with Gasteiger partial charge in [0.05, 0.1) is 0 Å². The molecular formula is C13H23N3S. The monoisotopic (exact) mass is 253 g/mol. The highest BCUT2D eigenvalue weighted by atomic mass is 32.1. The van der Waals surface area contributed by atoms with Gasteiger partial charge in [-0.3, -0.25) is 0 Å². The van der Waals surface area contributed by atoms with Crippen LogP contribution in [0.25, 0.3) is 0 Å². The number of aryl methyl sites for hydroxylation is 1. The summed E-state index contributed by atoms with van der Waals surface area (Å²) in [6, 6.07) is 2.89. The molecule has 1 saturated heterocycles. The third-order valence-electron chi connectivity index (χ3n) is 3.55. The van der Waals surface area contributed by atoms with Crippen molar-refractivity contribution in [3.8, 4) is 0 Å². The molecule has 2 N–H and O–H groups in total. The van der Waals surface area contributed by atoms with Gasteiger partial charge in [-0.25, -0.2) is 0 Å². The van der Waals surface area contributed by atoms with E-state index in [2.05, 4.69) is 41.0 Å². The molecule has 2 rings (SSSR count). The van der Waals surface area contributed by atoms with Crippen LogP contribution >= 0.6 is 11.3 Å². The maximum atomic E-state index is 3.55. The number of rotatable bonds is 5. The van der Waals surface area contributed by atoms with Gasteiger partial charge in [-0.15, -0.1) is 11.3 Å². The lowest BCUT2D eigenvalue weighted by Crippen LogP contribution is -2.50. The fourth-order valence-corrected chi connectivity index (χ4v) is 3.12. The average molecular weight is 253 g/mol. The summed E-state index contributed by atoms with van der Waals surface area (Å²) in [6.45, 7) is 7.76. The van der Waals surface area contributed by atoms with Gasteiger partial charge in [-0.2, -0.15) is 0 Å². The number of hydrogen-bond donors (Lipinski definition) is 2. The van der Waals surface area contributed by atoms with Crippen LogP contribution in [0.5, 0.6) is 0 Å². The highest BCUT2D eigenvalue weighted by Crippen LogP contribution is 2.14. The molecule has 1 aliphatic rings. The zero-order valence-electron chi connectivity index (χ0n) is 10.8. The van der Waals surface area contributed by atoms with E-state index in [1.165, 1.54) is 23.4 Å². The zero-order chi connectivity index (χ0) is 12.1. The van der Waals surface area contributed by atoms with Crippen LogP contribution in [0.4, 0.5) is 0 Å². The smallest absolute Gasteiger partial charge is 0.0302 e. The van der Waals surface area contributed by atoms with E-state index in [0.717, 1.165) is 26.2 Å². The first kappa shape index (κ1) is 13.0. The van der Waals surface area contributed by atoms with Crippen molar-refractivity contribution >= 4 is 11.3 Å². The van der Waals surface area contributed by atoms with E-state index >= 15 is 0 Å². The minimum absolute atomic E-state index is 0.695. The Morgan fingerprint density at radius 2 is 2.47 bits per heavy atom.